The number of likely N-dealkylation sites (tertiary alicyclic amines) is 1. The number of carbonyl (C=O) groups is 1. The number of hydrogen-bond acceptors (Lipinski definition) is 5. The van der Waals surface area contributed by atoms with E-state index in [0.29, 0.717) is 36.3 Å². The Morgan fingerprint density at radius 2 is 1.83 bits per heavy atom. The SMILES string of the molecule is COc1cc(NC(=O)N2CCC(n3ccnn3)CC2)cc(OC)c1. The lowest BCUT2D eigenvalue weighted by Gasteiger charge is -2.31. The highest BCUT2D eigenvalue weighted by Crippen LogP contribution is 2.27. The van der Waals surface area contributed by atoms with Crippen molar-refractivity contribution in [3.63, 3.8) is 0 Å². The Morgan fingerprint density at radius 1 is 1.17 bits per heavy atom. The van der Waals surface area contributed by atoms with Gasteiger partial charge >= 0.3 is 6.03 Å². The van der Waals surface area contributed by atoms with Crippen LogP contribution in [0.1, 0.15) is 18.9 Å². The van der Waals surface area contributed by atoms with E-state index in [-0.39, 0.29) is 6.03 Å². The summed E-state index contributed by atoms with van der Waals surface area (Å²) >= 11 is 0. The second-order valence-corrected chi connectivity index (χ2v) is 5.63. The molecule has 0 radical (unpaired) electrons. The van der Waals surface area contributed by atoms with Gasteiger partial charge in [-0.05, 0) is 12.8 Å². The molecule has 1 aromatic heterocycles. The Hall–Kier alpha value is -2.77. The second kappa shape index (κ2) is 7.20. The number of amides is 2. The zero-order chi connectivity index (χ0) is 16.9. The van der Waals surface area contributed by atoms with Gasteiger partial charge in [0.25, 0.3) is 0 Å². The number of methoxy groups -OCH3 is 2. The van der Waals surface area contributed by atoms with Crippen molar-refractivity contribution < 1.29 is 14.3 Å². The van der Waals surface area contributed by atoms with Crippen LogP contribution >= 0.6 is 0 Å². The molecule has 1 aliphatic heterocycles. The van der Waals surface area contributed by atoms with Crippen LogP contribution in [-0.2, 0) is 0 Å². The van der Waals surface area contributed by atoms with Gasteiger partial charge in [-0.3, -0.25) is 0 Å². The first kappa shape index (κ1) is 16.1. The van der Waals surface area contributed by atoms with Crippen molar-refractivity contribution in [2.45, 2.75) is 18.9 Å². The summed E-state index contributed by atoms with van der Waals surface area (Å²) in [6.45, 7) is 1.36. The number of piperidine rings is 1. The quantitative estimate of drug-likeness (QED) is 0.928. The molecule has 2 heterocycles. The molecule has 8 heteroatoms. The van der Waals surface area contributed by atoms with Crippen LogP contribution in [0.25, 0.3) is 0 Å². The maximum Gasteiger partial charge on any atom is 0.321 e. The van der Waals surface area contributed by atoms with E-state index in [4.69, 9.17) is 9.47 Å². The predicted octanol–water partition coefficient (Wildman–Crippen LogP) is 2.16. The third kappa shape index (κ3) is 3.58. The minimum absolute atomic E-state index is 0.123. The normalized spacial score (nSPS) is 15.2. The van der Waals surface area contributed by atoms with Crippen molar-refractivity contribution >= 4 is 11.7 Å². The molecule has 0 unspecified atom stereocenters. The third-order valence-corrected chi connectivity index (χ3v) is 4.17. The molecule has 2 amide bonds. The fraction of sp³-hybridized carbons (Fsp3) is 0.438. The van der Waals surface area contributed by atoms with E-state index in [2.05, 4.69) is 15.6 Å². The number of nitrogens with one attached hydrogen (secondary N) is 1. The summed E-state index contributed by atoms with van der Waals surface area (Å²) in [6.07, 6.45) is 5.26. The van der Waals surface area contributed by atoms with Crippen LogP contribution in [0.5, 0.6) is 11.5 Å². The lowest BCUT2D eigenvalue weighted by Crippen LogP contribution is -2.41. The Morgan fingerprint density at radius 3 is 2.38 bits per heavy atom. The number of urea groups is 1. The number of ether oxygens (including phenoxy) is 2. The second-order valence-electron chi connectivity index (χ2n) is 5.63. The van der Waals surface area contributed by atoms with Gasteiger partial charge < -0.3 is 19.7 Å². The van der Waals surface area contributed by atoms with Crippen LogP contribution in [0.3, 0.4) is 0 Å². The summed E-state index contributed by atoms with van der Waals surface area (Å²) in [5, 5.41) is 10.8. The minimum atomic E-state index is -0.123. The Labute approximate surface area is 140 Å². The highest BCUT2D eigenvalue weighted by atomic mass is 16.5. The number of benzene rings is 1. The molecule has 3 rings (SSSR count). The summed E-state index contributed by atoms with van der Waals surface area (Å²) in [4.78, 5) is 14.3. The van der Waals surface area contributed by atoms with Crippen LogP contribution < -0.4 is 14.8 Å². The summed E-state index contributed by atoms with van der Waals surface area (Å²) < 4.78 is 12.3. The van der Waals surface area contributed by atoms with Crippen LogP contribution in [0.15, 0.2) is 30.6 Å². The molecule has 0 saturated carbocycles. The van der Waals surface area contributed by atoms with Crippen molar-refractivity contribution in [3.05, 3.63) is 30.6 Å². The molecule has 1 N–H and O–H groups in total. The smallest absolute Gasteiger partial charge is 0.321 e. The highest BCUT2D eigenvalue weighted by molar-refractivity contribution is 5.89. The first-order valence-corrected chi connectivity index (χ1v) is 7.84. The minimum Gasteiger partial charge on any atom is -0.497 e. The Bertz CT molecular complexity index is 659. The Kier molecular flexibility index (Phi) is 4.83. The van der Waals surface area contributed by atoms with Crippen molar-refractivity contribution in [2.24, 2.45) is 0 Å². The number of aromatic nitrogens is 3. The van der Waals surface area contributed by atoms with Crippen molar-refractivity contribution in [2.75, 3.05) is 32.6 Å². The van der Waals surface area contributed by atoms with E-state index in [0.717, 1.165) is 12.8 Å². The first-order chi connectivity index (χ1) is 11.7. The van der Waals surface area contributed by atoms with Crippen LogP contribution in [-0.4, -0.2) is 53.2 Å². The lowest BCUT2D eigenvalue weighted by molar-refractivity contribution is 0.179. The molecular formula is C16H21N5O3. The average molecular weight is 331 g/mol. The van der Waals surface area contributed by atoms with E-state index in [1.165, 1.54) is 0 Å². The number of hydrogen-bond donors (Lipinski definition) is 1. The highest BCUT2D eigenvalue weighted by Gasteiger charge is 2.24. The molecular weight excluding hydrogens is 310 g/mol. The van der Waals surface area contributed by atoms with Gasteiger partial charge in [0.05, 0.1) is 26.5 Å². The molecule has 24 heavy (non-hydrogen) atoms. The third-order valence-electron chi connectivity index (χ3n) is 4.17. The molecule has 0 atom stereocenters. The molecule has 0 aliphatic carbocycles. The molecule has 1 aliphatic rings. The van der Waals surface area contributed by atoms with Crippen LogP contribution in [0, 0.1) is 0 Å². The van der Waals surface area contributed by atoms with E-state index >= 15 is 0 Å². The van der Waals surface area contributed by atoms with E-state index in [1.54, 1.807) is 43.5 Å². The zero-order valence-electron chi connectivity index (χ0n) is 13.8. The average Bonchev–Trinajstić information content (AvgIpc) is 3.16. The Balaban J connectivity index is 1.60. The van der Waals surface area contributed by atoms with E-state index < -0.39 is 0 Å². The first-order valence-electron chi connectivity index (χ1n) is 7.84. The largest absolute Gasteiger partial charge is 0.497 e. The maximum absolute atomic E-state index is 12.5. The molecule has 2 aromatic rings. The van der Waals surface area contributed by atoms with Gasteiger partial charge in [0, 0.05) is 43.2 Å². The van der Waals surface area contributed by atoms with Crippen LogP contribution in [0.2, 0.25) is 0 Å². The van der Waals surface area contributed by atoms with E-state index in [9.17, 15) is 4.79 Å². The summed E-state index contributed by atoms with van der Waals surface area (Å²) in [5.74, 6) is 1.27. The molecule has 1 saturated heterocycles. The van der Waals surface area contributed by atoms with Crippen molar-refractivity contribution in [3.8, 4) is 11.5 Å². The summed E-state index contributed by atoms with van der Waals surface area (Å²) in [7, 11) is 3.16. The standard InChI is InChI=1S/C16H21N5O3/c1-23-14-9-12(10-15(11-14)24-2)18-16(22)20-6-3-13(4-7-20)21-8-5-17-19-21/h5,8-11,13H,3-4,6-7H2,1-2H3,(H,18,22). The summed E-state index contributed by atoms with van der Waals surface area (Å²) in [6, 6.07) is 5.47. The number of rotatable bonds is 4. The predicted molar refractivity (Wildman–Crippen MR) is 88.4 cm³/mol. The van der Waals surface area contributed by atoms with Crippen LogP contribution in [0.4, 0.5) is 10.5 Å². The number of anilines is 1. The molecule has 1 fully saturated rings. The van der Waals surface area contributed by atoms with Crippen molar-refractivity contribution in [1.29, 1.82) is 0 Å². The number of carbonyl (C=O) groups excluding carboxylic acids is 1. The van der Waals surface area contributed by atoms with Gasteiger partial charge in [-0.1, -0.05) is 5.21 Å². The fourth-order valence-corrected chi connectivity index (χ4v) is 2.83. The zero-order valence-corrected chi connectivity index (χ0v) is 13.8. The summed E-state index contributed by atoms with van der Waals surface area (Å²) in [5.41, 5.74) is 0.648. The van der Waals surface area contributed by atoms with Gasteiger partial charge in [-0.2, -0.15) is 0 Å². The molecule has 1 aromatic carbocycles. The van der Waals surface area contributed by atoms with E-state index in [1.807, 2.05) is 10.9 Å². The molecule has 128 valence electrons. The molecule has 0 bridgehead atoms. The fourth-order valence-electron chi connectivity index (χ4n) is 2.83. The molecule has 8 nitrogen and oxygen atoms in total. The van der Waals surface area contributed by atoms with Gasteiger partial charge in [-0.15, -0.1) is 5.10 Å². The van der Waals surface area contributed by atoms with Gasteiger partial charge in [0.15, 0.2) is 0 Å². The van der Waals surface area contributed by atoms with Gasteiger partial charge in [0.2, 0.25) is 0 Å². The van der Waals surface area contributed by atoms with Gasteiger partial charge in [-0.25, -0.2) is 9.48 Å². The monoisotopic (exact) mass is 331 g/mol. The number of nitrogens with zero attached hydrogens (tertiary/aromatic N) is 4. The molecule has 0 spiro atoms. The lowest BCUT2D eigenvalue weighted by atomic mass is 10.1. The van der Waals surface area contributed by atoms with Crippen molar-refractivity contribution in [1.82, 2.24) is 19.9 Å². The topological polar surface area (TPSA) is 81.5 Å². The van der Waals surface area contributed by atoms with Gasteiger partial charge in [0.1, 0.15) is 11.5 Å². The maximum atomic E-state index is 12.5.